The van der Waals surface area contributed by atoms with Gasteiger partial charge in [0.05, 0.1) is 22.4 Å². The van der Waals surface area contributed by atoms with Crippen LogP contribution in [0.15, 0.2) is 10.2 Å². The van der Waals surface area contributed by atoms with Crippen molar-refractivity contribution in [3.8, 4) is 0 Å². The van der Waals surface area contributed by atoms with Crippen molar-refractivity contribution in [2.24, 2.45) is 7.05 Å². The fraction of sp³-hybridized carbons (Fsp3) is 0.500. The second-order valence-electron chi connectivity index (χ2n) is 7.53. The fourth-order valence-corrected chi connectivity index (χ4v) is 5.00. The lowest BCUT2D eigenvalue weighted by molar-refractivity contribution is -0.132. The number of nitrogens with zero attached hydrogens (tertiary/aromatic N) is 4. The van der Waals surface area contributed by atoms with Crippen LogP contribution in [0.2, 0.25) is 0 Å². The van der Waals surface area contributed by atoms with E-state index >= 15 is 0 Å². The van der Waals surface area contributed by atoms with Crippen molar-refractivity contribution in [1.82, 2.24) is 24.6 Å². The first-order valence-electron chi connectivity index (χ1n) is 9.63. The molecule has 4 heterocycles. The van der Waals surface area contributed by atoms with Crippen LogP contribution < -0.4 is 5.56 Å². The summed E-state index contributed by atoms with van der Waals surface area (Å²) in [5, 5.41) is 8.46. The number of fused-ring (bicyclic) bond motifs is 1. The molecule has 0 radical (unpaired) electrons. The van der Waals surface area contributed by atoms with Gasteiger partial charge in [0.1, 0.15) is 5.65 Å². The fourth-order valence-electron chi connectivity index (χ4n) is 4.34. The van der Waals surface area contributed by atoms with Gasteiger partial charge in [-0.05, 0) is 45.6 Å². The third-order valence-corrected chi connectivity index (χ3v) is 6.49. The van der Waals surface area contributed by atoms with E-state index in [9.17, 15) is 9.59 Å². The van der Waals surface area contributed by atoms with Crippen LogP contribution in [-0.2, 0) is 18.3 Å². The number of pyridine rings is 1. The minimum Gasteiger partial charge on any atom is -0.334 e. The van der Waals surface area contributed by atoms with Gasteiger partial charge in [-0.1, -0.05) is 0 Å². The molecule has 4 rings (SSSR count). The SMILES string of the molecule is Cc1nc(C2CCCN2C(=O)CCc2c(C)c3c(C)nn(C)c3[nH]c2=O)cs1. The maximum Gasteiger partial charge on any atom is 0.253 e. The van der Waals surface area contributed by atoms with E-state index in [4.69, 9.17) is 0 Å². The third kappa shape index (κ3) is 3.15. The number of aryl methyl sites for hydroxylation is 4. The predicted octanol–water partition coefficient (Wildman–Crippen LogP) is 2.94. The molecule has 148 valence electrons. The first kappa shape index (κ1) is 18.9. The van der Waals surface area contributed by atoms with E-state index in [0.717, 1.165) is 52.4 Å². The van der Waals surface area contributed by atoms with Crippen LogP contribution in [0.3, 0.4) is 0 Å². The predicted molar refractivity (Wildman–Crippen MR) is 110 cm³/mol. The summed E-state index contributed by atoms with van der Waals surface area (Å²) in [7, 11) is 1.82. The molecule has 1 saturated heterocycles. The molecule has 0 aromatic carbocycles. The Hall–Kier alpha value is -2.48. The zero-order valence-electron chi connectivity index (χ0n) is 16.7. The number of aromatic amines is 1. The third-order valence-electron chi connectivity index (χ3n) is 5.70. The highest BCUT2D eigenvalue weighted by Gasteiger charge is 2.31. The largest absolute Gasteiger partial charge is 0.334 e. The molecule has 0 aliphatic carbocycles. The molecule has 1 N–H and O–H groups in total. The smallest absolute Gasteiger partial charge is 0.253 e. The molecule has 1 unspecified atom stereocenters. The summed E-state index contributed by atoms with van der Waals surface area (Å²) in [6.45, 7) is 6.63. The Bertz CT molecular complexity index is 1110. The van der Waals surface area contributed by atoms with E-state index in [1.54, 1.807) is 16.0 Å². The molecular weight excluding hydrogens is 374 g/mol. The average molecular weight is 400 g/mol. The highest BCUT2D eigenvalue weighted by molar-refractivity contribution is 7.09. The minimum atomic E-state index is -0.131. The van der Waals surface area contributed by atoms with E-state index < -0.39 is 0 Å². The molecule has 1 amide bonds. The van der Waals surface area contributed by atoms with Gasteiger partial charge in [0.25, 0.3) is 5.56 Å². The Balaban J connectivity index is 1.55. The number of amides is 1. The molecule has 8 heteroatoms. The zero-order chi connectivity index (χ0) is 20.0. The van der Waals surface area contributed by atoms with E-state index in [2.05, 4.69) is 20.4 Å². The number of carbonyl (C=O) groups excluding carboxylic acids is 1. The Morgan fingerprint density at radius 2 is 2.14 bits per heavy atom. The number of aromatic nitrogens is 4. The van der Waals surface area contributed by atoms with Gasteiger partial charge in [0.2, 0.25) is 5.91 Å². The molecular formula is C20H25N5O2S. The molecule has 1 aliphatic rings. The first-order valence-corrected chi connectivity index (χ1v) is 10.5. The number of nitrogens with one attached hydrogen (secondary N) is 1. The lowest BCUT2D eigenvalue weighted by Gasteiger charge is -2.23. The molecule has 0 bridgehead atoms. The van der Waals surface area contributed by atoms with Gasteiger partial charge in [-0.2, -0.15) is 5.10 Å². The summed E-state index contributed by atoms with van der Waals surface area (Å²) >= 11 is 1.62. The molecule has 1 fully saturated rings. The standard InChI is InChI=1S/C20H25N5O2S/c1-11-14(20(27)22-19-18(11)12(2)23-24(19)4)7-8-17(26)25-9-5-6-16(25)15-10-28-13(3)21-15/h10,16H,5-9H2,1-4H3,(H,22,27). The molecule has 1 aliphatic heterocycles. The van der Waals surface area contributed by atoms with E-state index in [1.165, 1.54) is 0 Å². The van der Waals surface area contributed by atoms with Crippen LogP contribution in [0.1, 0.15) is 52.8 Å². The van der Waals surface area contributed by atoms with Crippen LogP contribution in [0, 0.1) is 20.8 Å². The second-order valence-corrected chi connectivity index (χ2v) is 8.59. The molecule has 3 aromatic heterocycles. The van der Waals surface area contributed by atoms with Crippen LogP contribution in [0.4, 0.5) is 0 Å². The zero-order valence-corrected chi connectivity index (χ0v) is 17.5. The lowest BCUT2D eigenvalue weighted by Crippen LogP contribution is -2.31. The Labute approximate surface area is 167 Å². The second kappa shape index (κ2) is 7.16. The van der Waals surface area contributed by atoms with Gasteiger partial charge >= 0.3 is 0 Å². The molecule has 28 heavy (non-hydrogen) atoms. The Morgan fingerprint density at radius 1 is 1.36 bits per heavy atom. The number of carbonyl (C=O) groups is 1. The number of thiazole rings is 1. The normalized spacial score (nSPS) is 17.0. The van der Waals surface area contributed by atoms with Crippen LogP contribution in [0.5, 0.6) is 0 Å². The number of H-pyrrole nitrogens is 1. The van der Waals surface area contributed by atoms with Gasteiger partial charge in [-0.25, -0.2) is 4.98 Å². The number of likely N-dealkylation sites (tertiary alicyclic amines) is 1. The van der Waals surface area contributed by atoms with Crippen molar-refractivity contribution in [2.75, 3.05) is 6.54 Å². The lowest BCUT2D eigenvalue weighted by atomic mass is 10.0. The van der Waals surface area contributed by atoms with Crippen LogP contribution >= 0.6 is 11.3 Å². The quantitative estimate of drug-likeness (QED) is 0.731. The van der Waals surface area contributed by atoms with Gasteiger partial charge in [-0.15, -0.1) is 11.3 Å². The maximum atomic E-state index is 12.9. The van der Waals surface area contributed by atoms with Crippen molar-refractivity contribution in [2.45, 2.75) is 52.5 Å². The summed E-state index contributed by atoms with van der Waals surface area (Å²) in [6, 6.07) is 0.0693. The molecule has 0 spiro atoms. The van der Waals surface area contributed by atoms with Crippen molar-refractivity contribution in [3.63, 3.8) is 0 Å². The van der Waals surface area contributed by atoms with Gasteiger partial charge in [0.15, 0.2) is 0 Å². The van der Waals surface area contributed by atoms with Crippen molar-refractivity contribution < 1.29 is 4.79 Å². The minimum absolute atomic E-state index is 0.0693. The average Bonchev–Trinajstić information content (AvgIpc) is 3.34. The first-order chi connectivity index (χ1) is 13.4. The van der Waals surface area contributed by atoms with E-state index in [0.29, 0.717) is 18.4 Å². The van der Waals surface area contributed by atoms with Crippen molar-refractivity contribution in [1.29, 1.82) is 0 Å². The highest BCUT2D eigenvalue weighted by atomic mass is 32.1. The van der Waals surface area contributed by atoms with Crippen LogP contribution in [0.25, 0.3) is 11.0 Å². The van der Waals surface area contributed by atoms with Gasteiger partial charge in [0, 0.05) is 36.3 Å². The summed E-state index contributed by atoms with van der Waals surface area (Å²) in [5.41, 5.74) is 4.08. The van der Waals surface area contributed by atoms with Crippen molar-refractivity contribution >= 4 is 28.3 Å². The summed E-state index contributed by atoms with van der Waals surface area (Å²) in [4.78, 5) is 35.0. The molecule has 1 atom stereocenters. The topological polar surface area (TPSA) is 83.9 Å². The Kier molecular flexibility index (Phi) is 4.82. The molecule has 0 saturated carbocycles. The Morgan fingerprint density at radius 3 is 2.86 bits per heavy atom. The summed E-state index contributed by atoms with van der Waals surface area (Å²) < 4.78 is 1.69. The molecule has 3 aromatic rings. The van der Waals surface area contributed by atoms with Gasteiger partial charge in [-0.3, -0.25) is 14.3 Å². The van der Waals surface area contributed by atoms with Gasteiger partial charge < -0.3 is 9.88 Å². The van der Waals surface area contributed by atoms with Crippen LogP contribution in [-0.4, -0.2) is 37.1 Å². The molecule has 7 nitrogen and oxygen atoms in total. The number of rotatable bonds is 4. The van der Waals surface area contributed by atoms with E-state index in [-0.39, 0.29) is 17.5 Å². The van der Waals surface area contributed by atoms with Crippen molar-refractivity contribution in [3.05, 3.63) is 43.3 Å². The summed E-state index contributed by atoms with van der Waals surface area (Å²) in [6.07, 6.45) is 2.71. The number of hydrogen-bond acceptors (Lipinski definition) is 5. The maximum absolute atomic E-state index is 12.9. The number of hydrogen-bond donors (Lipinski definition) is 1. The summed E-state index contributed by atoms with van der Waals surface area (Å²) in [5.74, 6) is 0.0926. The monoisotopic (exact) mass is 399 g/mol. The van der Waals surface area contributed by atoms with E-state index in [1.807, 2.05) is 32.7 Å². The highest BCUT2D eigenvalue weighted by Crippen LogP contribution is 2.33.